The molecule has 5 amide bonds. The predicted octanol–water partition coefficient (Wildman–Crippen LogP) is 6.41. The molecular weight excluding hydrogens is 692 g/mol. The summed E-state index contributed by atoms with van der Waals surface area (Å²) >= 11 is 1.54. The third-order valence-electron chi connectivity index (χ3n) is 6.93. The van der Waals surface area contributed by atoms with E-state index in [1.165, 1.54) is 24.3 Å². The number of imide groups is 1. The average Bonchev–Trinajstić information content (AvgIpc) is 3.39. The van der Waals surface area contributed by atoms with Crippen LogP contribution in [-0.4, -0.2) is 87.7 Å². The number of nitrogens with zero attached hydrogens (tertiary/aromatic N) is 3. The molecule has 1 atom stereocenters. The summed E-state index contributed by atoms with van der Waals surface area (Å²) in [5.74, 6) is -1.57. The minimum Gasteiger partial charge on any atom is -0.466 e. The molecule has 3 rings (SSSR count). The maximum absolute atomic E-state index is 13.4. The number of hydrogen-bond donors (Lipinski definition) is 1. The first-order chi connectivity index (χ1) is 24.0. The molecule has 1 aromatic heterocycles. The van der Waals surface area contributed by atoms with Gasteiger partial charge in [-0.1, -0.05) is 12.1 Å². The molecule has 0 fully saturated rings. The summed E-state index contributed by atoms with van der Waals surface area (Å²) in [5.41, 5.74) is -1.80. The number of amidine groups is 1. The first-order valence-electron chi connectivity index (χ1n) is 17.0. The maximum atomic E-state index is 13.4. The van der Waals surface area contributed by atoms with Gasteiger partial charge < -0.3 is 29.2 Å². The van der Waals surface area contributed by atoms with E-state index in [-0.39, 0.29) is 29.4 Å². The minimum absolute atomic E-state index is 0.0884. The highest BCUT2D eigenvalue weighted by atomic mass is 32.1. The van der Waals surface area contributed by atoms with E-state index in [9.17, 15) is 28.8 Å². The Kier molecular flexibility index (Phi) is 13.4. The fourth-order valence-electron chi connectivity index (χ4n) is 4.89. The summed E-state index contributed by atoms with van der Waals surface area (Å²) in [6, 6.07) is 6.64. The van der Waals surface area contributed by atoms with Crippen molar-refractivity contribution < 1.29 is 47.7 Å². The number of benzene rings is 1. The molecule has 1 aliphatic heterocycles. The van der Waals surface area contributed by atoms with Crippen LogP contribution in [0.15, 0.2) is 35.3 Å². The summed E-state index contributed by atoms with van der Waals surface area (Å²) in [7, 11) is 0. The van der Waals surface area contributed by atoms with Crippen LogP contribution >= 0.6 is 11.3 Å². The number of hydrogen-bond acceptors (Lipinski definition) is 11. The van der Waals surface area contributed by atoms with E-state index in [4.69, 9.17) is 18.9 Å². The highest BCUT2D eigenvalue weighted by Crippen LogP contribution is 2.29. The van der Waals surface area contributed by atoms with Gasteiger partial charge in [-0.25, -0.2) is 14.4 Å². The Morgan fingerprint density at radius 2 is 1.40 bits per heavy atom. The molecule has 1 N–H and O–H groups in total. The summed E-state index contributed by atoms with van der Waals surface area (Å²) in [5, 5.41) is 2.73. The van der Waals surface area contributed by atoms with Crippen molar-refractivity contribution in [3.63, 3.8) is 0 Å². The Labute approximate surface area is 308 Å². The van der Waals surface area contributed by atoms with Gasteiger partial charge in [-0.3, -0.25) is 14.4 Å². The number of ether oxygens (including phenoxy) is 4. The molecule has 2 heterocycles. The quantitative estimate of drug-likeness (QED) is 0.145. The van der Waals surface area contributed by atoms with Crippen LogP contribution in [0.25, 0.3) is 0 Å². The van der Waals surface area contributed by atoms with Gasteiger partial charge in [-0.05, 0) is 106 Å². The zero-order chi connectivity index (χ0) is 39.2. The highest BCUT2D eigenvalue weighted by Gasteiger charge is 2.37. The molecule has 15 heteroatoms. The molecule has 1 aromatic carbocycles. The number of aliphatic imine (C=N–C) groups is 1. The largest absolute Gasteiger partial charge is 0.466 e. The van der Waals surface area contributed by atoms with Crippen LogP contribution in [0.5, 0.6) is 0 Å². The molecule has 1 aliphatic rings. The fraction of sp³-hybridized carbons (Fsp3) is 0.541. The van der Waals surface area contributed by atoms with E-state index in [1.807, 2.05) is 6.07 Å². The second kappa shape index (κ2) is 16.7. The molecule has 0 spiro atoms. The lowest BCUT2D eigenvalue weighted by molar-refractivity contribution is -0.142. The highest BCUT2D eigenvalue weighted by molar-refractivity contribution is 7.12. The monoisotopic (exact) mass is 742 g/mol. The number of esters is 1. The zero-order valence-electron chi connectivity index (χ0n) is 31.8. The van der Waals surface area contributed by atoms with E-state index in [1.54, 1.807) is 92.4 Å². The van der Waals surface area contributed by atoms with Gasteiger partial charge in [0.2, 0.25) is 5.91 Å². The molecule has 284 valence electrons. The van der Waals surface area contributed by atoms with Crippen molar-refractivity contribution >= 4 is 53.2 Å². The summed E-state index contributed by atoms with van der Waals surface area (Å²) < 4.78 is 21.4. The van der Waals surface area contributed by atoms with Gasteiger partial charge in [-0.15, -0.1) is 11.3 Å². The van der Waals surface area contributed by atoms with Gasteiger partial charge in [0, 0.05) is 34.0 Å². The van der Waals surface area contributed by atoms with Gasteiger partial charge in [0.1, 0.15) is 22.8 Å². The molecule has 52 heavy (non-hydrogen) atoms. The van der Waals surface area contributed by atoms with Crippen LogP contribution in [-0.2, 0) is 47.9 Å². The summed E-state index contributed by atoms with van der Waals surface area (Å²) in [4.78, 5) is 86.6. The maximum Gasteiger partial charge on any atom is 0.436 e. The van der Waals surface area contributed by atoms with Crippen LogP contribution in [0.3, 0.4) is 0 Å². The number of thiophene rings is 1. The second-order valence-electron chi connectivity index (χ2n) is 15.1. The fourth-order valence-corrected chi connectivity index (χ4v) is 6.04. The molecule has 0 radical (unpaired) electrons. The Morgan fingerprint density at radius 3 is 1.92 bits per heavy atom. The number of amides is 5. The zero-order valence-corrected chi connectivity index (χ0v) is 32.6. The van der Waals surface area contributed by atoms with Crippen molar-refractivity contribution in [1.82, 2.24) is 15.1 Å². The van der Waals surface area contributed by atoms with Crippen molar-refractivity contribution in [2.45, 2.75) is 118 Å². The van der Waals surface area contributed by atoms with Gasteiger partial charge in [0.25, 0.3) is 5.91 Å². The number of carbonyl (C=O) groups excluding carboxylic acids is 6. The molecule has 2 aromatic rings. The number of nitrogens with one attached hydrogen (secondary N) is 1. The normalized spacial score (nSPS) is 14.1. The van der Waals surface area contributed by atoms with Crippen molar-refractivity contribution in [3.8, 4) is 0 Å². The molecular formula is C37H50N4O10S. The van der Waals surface area contributed by atoms with Crippen molar-refractivity contribution in [3.05, 3.63) is 56.8 Å². The molecule has 0 saturated carbocycles. The van der Waals surface area contributed by atoms with Gasteiger partial charge >= 0.3 is 24.2 Å². The van der Waals surface area contributed by atoms with Gasteiger partial charge in [0.05, 0.1) is 13.0 Å². The van der Waals surface area contributed by atoms with Crippen LogP contribution in [0.1, 0.15) is 107 Å². The van der Waals surface area contributed by atoms with E-state index < -0.39 is 52.9 Å². The van der Waals surface area contributed by atoms with E-state index in [0.717, 1.165) is 15.3 Å². The molecule has 0 aliphatic carbocycles. The van der Waals surface area contributed by atoms with Crippen molar-refractivity contribution in [2.75, 3.05) is 13.2 Å². The van der Waals surface area contributed by atoms with Crippen LogP contribution in [0.4, 0.5) is 14.4 Å². The standard InChI is InChI=1S/C37H50N4O10S/c1-12-48-28(42)20-26-19-25-21-40(18-17-27(25)52-26)31(44)22(2)38-30(43)24-15-13-23(14-16-24)29(39-32(45)49-35(3,4)5)41(33(46)50-36(6,7)8)34(47)51-37(9,10)11/h13-16,19,22H,12,17-18,20-21H2,1-11H3,(H,38,43)/t22-/m0/s1. The van der Waals surface area contributed by atoms with Crippen molar-refractivity contribution in [1.29, 1.82) is 0 Å². The lowest BCUT2D eigenvalue weighted by Crippen LogP contribution is -2.48. The first kappa shape index (κ1) is 41.6. The third kappa shape index (κ3) is 12.5. The summed E-state index contributed by atoms with van der Waals surface area (Å²) in [6.07, 6.45) is -2.58. The lowest BCUT2D eigenvalue weighted by atomic mass is 10.1. The Hall–Kier alpha value is -4.79. The molecule has 14 nitrogen and oxygen atoms in total. The van der Waals surface area contributed by atoms with E-state index in [2.05, 4.69) is 10.3 Å². The Bertz CT molecular complexity index is 1670. The molecule has 0 saturated heterocycles. The number of fused-ring (bicyclic) bond motifs is 1. The number of rotatable bonds is 7. The van der Waals surface area contributed by atoms with Crippen molar-refractivity contribution in [2.24, 2.45) is 4.99 Å². The lowest BCUT2D eigenvalue weighted by Gasteiger charge is -2.29. The van der Waals surface area contributed by atoms with E-state index >= 15 is 0 Å². The Balaban J connectivity index is 1.84. The van der Waals surface area contributed by atoms with Gasteiger partial charge in [0.15, 0.2) is 5.84 Å². The van der Waals surface area contributed by atoms with Crippen LogP contribution in [0, 0.1) is 0 Å². The smallest absolute Gasteiger partial charge is 0.436 e. The molecule has 0 unspecified atom stereocenters. The topological polar surface area (TPSA) is 170 Å². The first-order valence-corrected chi connectivity index (χ1v) is 17.8. The second-order valence-corrected chi connectivity index (χ2v) is 16.4. The SMILES string of the molecule is CCOC(=O)Cc1cc2c(s1)CCN(C(=O)[C@H](C)NC(=O)c1ccc(C(=NC(=O)OC(C)(C)C)N(C(=O)OC(C)(C)C)C(=O)OC(C)(C)C)cc1)C2. The Morgan fingerprint density at radius 1 is 0.865 bits per heavy atom. The number of carbonyl (C=O) groups is 6. The van der Waals surface area contributed by atoms with Crippen LogP contribution < -0.4 is 5.32 Å². The predicted molar refractivity (Wildman–Crippen MR) is 194 cm³/mol. The van der Waals surface area contributed by atoms with Crippen LogP contribution in [0.2, 0.25) is 0 Å². The summed E-state index contributed by atoms with van der Waals surface area (Å²) in [6.45, 7) is 19.0. The third-order valence-corrected chi connectivity index (χ3v) is 8.17. The molecule has 0 bridgehead atoms. The van der Waals surface area contributed by atoms with E-state index in [0.29, 0.717) is 31.0 Å². The van der Waals surface area contributed by atoms with Gasteiger partial charge in [-0.2, -0.15) is 9.89 Å². The minimum atomic E-state index is -1.15. The average molecular weight is 743 g/mol.